The molecule has 0 aromatic rings. The van der Waals surface area contributed by atoms with E-state index in [-0.39, 0.29) is 6.54 Å². The van der Waals surface area contributed by atoms with Crippen molar-refractivity contribution in [1.82, 2.24) is 0 Å². The molecule has 70 valence electrons. The summed E-state index contributed by atoms with van der Waals surface area (Å²) >= 11 is -2.07. The summed E-state index contributed by atoms with van der Waals surface area (Å²) in [6, 6.07) is 0. The third-order valence-electron chi connectivity index (χ3n) is 2.49. The largest absolute Gasteiger partial charge is 0.772 e. The number of rotatable bonds is 3. The Hall–Kier alpha value is -0.290. The lowest BCUT2D eigenvalue weighted by Crippen LogP contribution is -2.39. The standard InChI is InChI=1S/C7H14N2O2S/c8-9-6-7(12(10)11)4-2-1-3-5-7/h8H,1-6H2,(H,10,11)/p-1. The molecule has 1 atom stereocenters. The minimum Gasteiger partial charge on any atom is -0.772 e. The van der Waals surface area contributed by atoms with Crippen molar-refractivity contribution >= 4 is 11.1 Å². The maximum Gasteiger partial charge on any atom is 0.0757 e. The molecule has 1 unspecified atom stereocenters. The van der Waals surface area contributed by atoms with Crippen LogP contribution in [-0.4, -0.2) is 20.1 Å². The lowest BCUT2D eigenvalue weighted by molar-refractivity contribution is 0.362. The summed E-state index contributed by atoms with van der Waals surface area (Å²) < 4.78 is 21.1. The summed E-state index contributed by atoms with van der Waals surface area (Å²) in [4.78, 5) is 0. The second kappa shape index (κ2) is 4.09. The fourth-order valence-electron chi connectivity index (χ4n) is 1.72. The molecule has 1 aliphatic rings. The van der Waals surface area contributed by atoms with Crippen molar-refractivity contribution < 1.29 is 8.76 Å². The Bertz CT molecular complexity index is 190. The van der Waals surface area contributed by atoms with Crippen LogP contribution in [0.3, 0.4) is 0 Å². The average Bonchev–Trinajstić information content (AvgIpc) is 2.06. The molecule has 0 saturated heterocycles. The van der Waals surface area contributed by atoms with Crippen molar-refractivity contribution in [2.24, 2.45) is 5.11 Å². The summed E-state index contributed by atoms with van der Waals surface area (Å²) in [5, 5.41) is 3.21. The van der Waals surface area contributed by atoms with Crippen LogP contribution in [-0.2, 0) is 11.1 Å². The molecule has 0 aromatic heterocycles. The van der Waals surface area contributed by atoms with Gasteiger partial charge in [0, 0.05) is 0 Å². The van der Waals surface area contributed by atoms with E-state index in [1.165, 1.54) is 0 Å². The molecular formula is C7H13N2O2S-. The van der Waals surface area contributed by atoms with Gasteiger partial charge in [0.05, 0.1) is 11.3 Å². The van der Waals surface area contributed by atoms with Gasteiger partial charge in [-0.25, -0.2) is 5.53 Å². The Morgan fingerprint density at radius 3 is 2.42 bits per heavy atom. The highest BCUT2D eigenvalue weighted by atomic mass is 32.2. The Morgan fingerprint density at radius 1 is 1.42 bits per heavy atom. The van der Waals surface area contributed by atoms with Crippen molar-refractivity contribution in [2.75, 3.05) is 6.54 Å². The molecule has 0 radical (unpaired) electrons. The minimum atomic E-state index is -2.07. The van der Waals surface area contributed by atoms with Crippen LogP contribution in [0.1, 0.15) is 32.1 Å². The van der Waals surface area contributed by atoms with Gasteiger partial charge >= 0.3 is 0 Å². The maximum atomic E-state index is 10.9. The first kappa shape index (κ1) is 9.80. The molecule has 1 fully saturated rings. The average molecular weight is 189 g/mol. The molecule has 1 N–H and O–H groups in total. The molecular weight excluding hydrogens is 176 g/mol. The number of nitrogens with zero attached hydrogens (tertiary/aromatic N) is 1. The SMILES string of the molecule is N=NCC1(S(=O)[O-])CCCCC1. The van der Waals surface area contributed by atoms with Crippen LogP contribution < -0.4 is 0 Å². The normalized spacial score (nSPS) is 24.8. The van der Waals surface area contributed by atoms with Gasteiger partial charge in [-0.3, -0.25) is 4.21 Å². The Balaban J connectivity index is 2.69. The highest BCUT2D eigenvalue weighted by Gasteiger charge is 2.33. The summed E-state index contributed by atoms with van der Waals surface area (Å²) in [5.74, 6) is 0. The van der Waals surface area contributed by atoms with Crippen molar-refractivity contribution in [3.8, 4) is 0 Å². The van der Waals surface area contributed by atoms with E-state index in [4.69, 9.17) is 5.53 Å². The van der Waals surface area contributed by atoms with Crippen LogP contribution in [0.15, 0.2) is 5.11 Å². The van der Waals surface area contributed by atoms with E-state index in [0.717, 1.165) is 19.3 Å². The summed E-state index contributed by atoms with van der Waals surface area (Å²) in [7, 11) is 0. The highest BCUT2D eigenvalue weighted by molar-refractivity contribution is 7.80. The van der Waals surface area contributed by atoms with Crippen LogP contribution in [0, 0.1) is 5.53 Å². The Labute approximate surface area is 74.5 Å². The zero-order valence-corrected chi connectivity index (χ0v) is 7.73. The maximum absolute atomic E-state index is 10.9. The fourth-order valence-corrected chi connectivity index (χ4v) is 2.51. The topological polar surface area (TPSA) is 76.3 Å². The first-order valence-corrected chi connectivity index (χ1v) is 5.21. The van der Waals surface area contributed by atoms with E-state index in [1.807, 2.05) is 0 Å². The van der Waals surface area contributed by atoms with Crippen LogP contribution in [0.25, 0.3) is 0 Å². The monoisotopic (exact) mass is 189 g/mol. The Morgan fingerprint density at radius 2 is 2.00 bits per heavy atom. The molecule has 0 amide bonds. The van der Waals surface area contributed by atoms with Gasteiger partial charge in [0.1, 0.15) is 0 Å². The van der Waals surface area contributed by atoms with E-state index < -0.39 is 15.8 Å². The highest BCUT2D eigenvalue weighted by Crippen LogP contribution is 2.32. The van der Waals surface area contributed by atoms with Gasteiger partial charge in [-0.1, -0.05) is 19.3 Å². The van der Waals surface area contributed by atoms with E-state index in [0.29, 0.717) is 12.8 Å². The first-order chi connectivity index (χ1) is 5.71. The quantitative estimate of drug-likeness (QED) is 0.540. The van der Waals surface area contributed by atoms with E-state index in [2.05, 4.69) is 5.11 Å². The molecule has 5 heteroatoms. The van der Waals surface area contributed by atoms with Crippen LogP contribution in [0.5, 0.6) is 0 Å². The zero-order valence-electron chi connectivity index (χ0n) is 6.91. The van der Waals surface area contributed by atoms with E-state index in [9.17, 15) is 8.76 Å². The van der Waals surface area contributed by atoms with Crippen LogP contribution in [0.2, 0.25) is 0 Å². The van der Waals surface area contributed by atoms with Gasteiger partial charge in [-0.15, -0.1) is 0 Å². The van der Waals surface area contributed by atoms with Gasteiger partial charge in [0.15, 0.2) is 0 Å². The third kappa shape index (κ3) is 1.90. The lowest BCUT2D eigenvalue weighted by atomic mass is 9.88. The van der Waals surface area contributed by atoms with Crippen molar-refractivity contribution in [3.05, 3.63) is 0 Å². The molecule has 0 aromatic carbocycles. The first-order valence-electron chi connectivity index (χ1n) is 4.14. The molecule has 0 bridgehead atoms. The van der Waals surface area contributed by atoms with Gasteiger partial charge < -0.3 is 4.55 Å². The third-order valence-corrected chi connectivity index (χ3v) is 3.73. The zero-order chi connectivity index (χ0) is 9.03. The summed E-state index contributed by atoms with van der Waals surface area (Å²) in [5.41, 5.74) is 6.71. The number of nitrogens with one attached hydrogen (secondary N) is 1. The fraction of sp³-hybridized carbons (Fsp3) is 1.00. The second-order valence-corrected chi connectivity index (χ2v) is 4.63. The van der Waals surface area contributed by atoms with E-state index in [1.54, 1.807) is 0 Å². The smallest absolute Gasteiger partial charge is 0.0757 e. The molecule has 0 aliphatic heterocycles. The molecule has 12 heavy (non-hydrogen) atoms. The predicted molar refractivity (Wildman–Crippen MR) is 44.8 cm³/mol. The van der Waals surface area contributed by atoms with Gasteiger partial charge in [-0.05, 0) is 23.9 Å². The second-order valence-electron chi connectivity index (χ2n) is 3.29. The van der Waals surface area contributed by atoms with Crippen LogP contribution in [0.4, 0.5) is 0 Å². The van der Waals surface area contributed by atoms with Gasteiger partial charge in [0.2, 0.25) is 0 Å². The van der Waals surface area contributed by atoms with Gasteiger partial charge in [0.25, 0.3) is 0 Å². The number of hydrogen-bond donors (Lipinski definition) is 1. The Kier molecular flexibility index (Phi) is 3.34. The summed E-state index contributed by atoms with van der Waals surface area (Å²) in [6.07, 6.45) is 4.35. The van der Waals surface area contributed by atoms with Crippen molar-refractivity contribution in [1.29, 1.82) is 5.53 Å². The number of hydrogen-bond acceptors (Lipinski definition) is 4. The van der Waals surface area contributed by atoms with Gasteiger partial charge in [-0.2, -0.15) is 5.11 Å². The van der Waals surface area contributed by atoms with Crippen molar-refractivity contribution in [3.63, 3.8) is 0 Å². The molecule has 1 rings (SSSR count). The lowest BCUT2D eigenvalue weighted by Gasteiger charge is -2.37. The molecule has 0 heterocycles. The summed E-state index contributed by atoms with van der Waals surface area (Å²) in [6.45, 7) is 0.142. The molecule has 1 saturated carbocycles. The molecule has 4 nitrogen and oxygen atoms in total. The molecule has 0 spiro atoms. The van der Waals surface area contributed by atoms with Crippen molar-refractivity contribution in [2.45, 2.75) is 36.9 Å². The predicted octanol–water partition coefficient (Wildman–Crippen LogP) is 1.60. The van der Waals surface area contributed by atoms with E-state index >= 15 is 0 Å². The van der Waals surface area contributed by atoms with Crippen LogP contribution >= 0.6 is 0 Å². The molecule has 1 aliphatic carbocycles. The minimum absolute atomic E-state index is 0.142.